The first-order chi connectivity index (χ1) is 10.9. The van der Waals surface area contributed by atoms with Crippen molar-refractivity contribution in [2.45, 2.75) is 39.7 Å². The van der Waals surface area contributed by atoms with Gasteiger partial charge in [0.25, 0.3) is 0 Å². The lowest BCUT2D eigenvalue weighted by atomic mass is 9.79. The molecule has 8 heteroatoms. The van der Waals surface area contributed by atoms with Gasteiger partial charge in [-0.25, -0.2) is 4.98 Å². The summed E-state index contributed by atoms with van der Waals surface area (Å²) in [4.78, 5) is 19.0. The number of aromatic nitrogens is 1. The number of carbonyl (C=O) groups excluding carboxylic acids is 1. The second kappa shape index (κ2) is 8.54. The third-order valence-corrected chi connectivity index (χ3v) is 5.33. The number of halogens is 2. The molecule has 0 saturated carbocycles. The van der Waals surface area contributed by atoms with Crippen molar-refractivity contribution in [1.82, 2.24) is 9.88 Å². The average Bonchev–Trinajstić information content (AvgIpc) is 3.12. The van der Waals surface area contributed by atoms with Crippen LogP contribution in [-0.4, -0.2) is 34.9 Å². The molecule has 0 bridgehead atoms. The van der Waals surface area contributed by atoms with Gasteiger partial charge in [-0.3, -0.25) is 4.79 Å². The first kappa shape index (κ1) is 22.0. The van der Waals surface area contributed by atoms with E-state index in [4.69, 9.17) is 10.2 Å². The zero-order chi connectivity index (χ0) is 16.6. The van der Waals surface area contributed by atoms with Gasteiger partial charge in [0.1, 0.15) is 5.76 Å². The van der Waals surface area contributed by atoms with Gasteiger partial charge in [0.15, 0.2) is 0 Å². The molecule has 1 amide bonds. The minimum absolute atomic E-state index is 0. The molecule has 2 aromatic rings. The van der Waals surface area contributed by atoms with Crippen LogP contribution in [0.25, 0.3) is 11.5 Å². The van der Waals surface area contributed by atoms with Crippen LogP contribution < -0.4 is 5.73 Å². The highest BCUT2D eigenvalue weighted by atomic mass is 35.5. The Bertz CT molecular complexity index is 701. The number of likely N-dealkylation sites (tertiary alicyclic amines) is 1. The Morgan fingerprint density at radius 1 is 1.48 bits per heavy atom. The van der Waals surface area contributed by atoms with Crippen molar-refractivity contribution in [2.75, 3.05) is 13.1 Å². The van der Waals surface area contributed by atoms with Crippen LogP contribution in [0, 0.1) is 12.3 Å². The SMILES string of the molecule is Cc1oc(-c2ccsc2)nc1CC(=O)N1CCC(N)C(C)(C)C1.Cl.Cl. The first-order valence-corrected chi connectivity index (χ1v) is 8.83. The second-order valence-corrected chi connectivity index (χ2v) is 7.69. The van der Waals surface area contributed by atoms with E-state index >= 15 is 0 Å². The fourth-order valence-electron chi connectivity index (χ4n) is 2.94. The third kappa shape index (κ3) is 4.76. The Hall–Kier alpha value is -1.08. The van der Waals surface area contributed by atoms with E-state index in [1.165, 1.54) is 0 Å². The molecule has 0 spiro atoms. The number of rotatable bonds is 3. The topological polar surface area (TPSA) is 72.4 Å². The van der Waals surface area contributed by atoms with Crippen molar-refractivity contribution >= 4 is 42.1 Å². The quantitative estimate of drug-likeness (QED) is 0.844. The van der Waals surface area contributed by atoms with Gasteiger partial charge in [-0.05, 0) is 30.2 Å². The molecule has 2 aromatic heterocycles. The average molecular weight is 406 g/mol. The molecular formula is C17H25Cl2N3O2S. The maximum atomic E-state index is 12.6. The number of nitrogens with zero attached hydrogens (tertiary/aromatic N) is 2. The van der Waals surface area contributed by atoms with Gasteiger partial charge < -0.3 is 15.1 Å². The number of aryl methyl sites for hydroxylation is 1. The summed E-state index contributed by atoms with van der Waals surface area (Å²) in [6.07, 6.45) is 1.13. The van der Waals surface area contributed by atoms with Crippen molar-refractivity contribution in [3.63, 3.8) is 0 Å². The maximum absolute atomic E-state index is 12.6. The molecule has 1 fully saturated rings. The van der Waals surface area contributed by atoms with Crippen LogP contribution in [-0.2, 0) is 11.2 Å². The van der Waals surface area contributed by atoms with Gasteiger partial charge in [0.05, 0.1) is 12.1 Å². The highest BCUT2D eigenvalue weighted by molar-refractivity contribution is 7.08. The fraction of sp³-hybridized carbons (Fsp3) is 0.529. The molecule has 5 nitrogen and oxygen atoms in total. The molecule has 1 aliphatic rings. The molecular weight excluding hydrogens is 381 g/mol. The van der Waals surface area contributed by atoms with E-state index in [0.717, 1.165) is 24.2 Å². The third-order valence-electron chi connectivity index (χ3n) is 4.64. The molecule has 1 unspecified atom stereocenters. The van der Waals surface area contributed by atoms with Crippen LogP contribution in [0.5, 0.6) is 0 Å². The standard InChI is InChI=1S/C17H23N3O2S.2ClH/c1-11-13(19-16(22-11)12-5-7-23-9-12)8-15(21)20-6-4-14(18)17(2,3)10-20;;/h5,7,9,14H,4,6,8,10,18H2,1-3H3;2*1H. The Morgan fingerprint density at radius 3 is 2.80 bits per heavy atom. The van der Waals surface area contributed by atoms with Gasteiger partial charge in [-0.1, -0.05) is 13.8 Å². The van der Waals surface area contributed by atoms with E-state index in [1.807, 2.05) is 28.7 Å². The first-order valence-electron chi connectivity index (χ1n) is 7.89. The predicted molar refractivity (Wildman–Crippen MR) is 106 cm³/mol. The van der Waals surface area contributed by atoms with Gasteiger partial charge in [-0.2, -0.15) is 11.3 Å². The van der Waals surface area contributed by atoms with Crippen LogP contribution >= 0.6 is 36.2 Å². The summed E-state index contributed by atoms with van der Waals surface area (Å²) in [6, 6.07) is 2.11. The van der Waals surface area contributed by atoms with Crippen molar-refractivity contribution in [1.29, 1.82) is 0 Å². The van der Waals surface area contributed by atoms with Gasteiger partial charge in [-0.15, -0.1) is 24.8 Å². The number of hydrogen-bond acceptors (Lipinski definition) is 5. The number of carbonyl (C=O) groups is 1. The number of hydrogen-bond donors (Lipinski definition) is 1. The molecule has 3 rings (SSSR count). The lowest BCUT2D eigenvalue weighted by Crippen LogP contribution is -2.54. The van der Waals surface area contributed by atoms with Crippen molar-refractivity contribution in [3.8, 4) is 11.5 Å². The Kier molecular flexibility index (Phi) is 7.50. The number of thiophene rings is 1. The zero-order valence-corrected chi connectivity index (χ0v) is 17.1. The summed E-state index contributed by atoms with van der Waals surface area (Å²) in [7, 11) is 0. The van der Waals surface area contributed by atoms with Crippen LogP contribution in [0.2, 0.25) is 0 Å². The Labute approximate surface area is 164 Å². The highest BCUT2D eigenvalue weighted by Gasteiger charge is 2.35. The monoisotopic (exact) mass is 405 g/mol. The molecule has 1 atom stereocenters. The van der Waals surface area contributed by atoms with Gasteiger partial charge in [0, 0.05) is 30.1 Å². The van der Waals surface area contributed by atoms with Crippen LogP contribution in [0.4, 0.5) is 0 Å². The lowest BCUT2D eigenvalue weighted by Gasteiger charge is -2.42. The summed E-state index contributed by atoms with van der Waals surface area (Å²) in [5.74, 6) is 1.40. The summed E-state index contributed by atoms with van der Waals surface area (Å²) in [5, 5.41) is 3.98. The number of amides is 1. The fourth-order valence-corrected chi connectivity index (χ4v) is 3.57. The minimum atomic E-state index is -0.0470. The van der Waals surface area contributed by atoms with Crippen molar-refractivity contribution < 1.29 is 9.21 Å². The minimum Gasteiger partial charge on any atom is -0.441 e. The lowest BCUT2D eigenvalue weighted by molar-refractivity contribution is -0.133. The molecule has 0 aromatic carbocycles. The van der Waals surface area contributed by atoms with Crippen LogP contribution in [0.3, 0.4) is 0 Å². The molecule has 0 aliphatic carbocycles. The summed E-state index contributed by atoms with van der Waals surface area (Å²) in [6.45, 7) is 7.51. The molecule has 1 aliphatic heterocycles. The number of oxazole rings is 1. The van der Waals surface area contributed by atoms with Crippen molar-refractivity contribution in [2.24, 2.45) is 11.1 Å². The van der Waals surface area contributed by atoms with Crippen LogP contribution in [0.1, 0.15) is 31.7 Å². The summed E-state index contributed by atoms with van der Waals surface area (Å²) >= 11 is 1.60. The zero-order valence-electron chi connectivity index (χ0n) is 14.7. The molecule has 1 saturated heterocycles. The maximum Gasteiger partial charge on any atom is 0.228 e. The highest BCUT2D eigenvalue weighted by Crippen LogP contribution is 2.29. The predicted octanol–water partition coefficient (Wildman–Crippen LogP) is 3.68. The summed E-state index contributed by atoms with van der Waals surface area (Å²) in [5.41, 5.74) is 7.78. The van der Waals surface area contributed by atoms with E-state index < -0.39 is 0 Å². The second-order valence-electron chi connectivity index (χ2n) is 6.91. The summed E-state index contributed by atoms with van der Waals surface area (Å²) < 4.78 is 5.71. The van der Waals surface area contributed by atoms with E-state index in [1.54, 1.807) is 11.3 Å². The normalized spacial score (nSPS) is 19.0. The van der Waals surface area contributed by atoms with E-state index in [-0.39, 0.29) is 48.6 Å². The molecule has 3 heterocycles. The molecule has 0 radical (unpaired) electrons. The van der Waals surface area contributed by atoms with E-state index in [2.05, 4.69) is 18.8 Å². The van der Waals surface area contributed by atoms with Gasteiger partial charge in [0.2, 0.25) is 11.8 Å². The Balaban J connectivity index is 0.00000156. The Morgan fingerprint density at radius 2 is 2.20 bits per heavy atom. The van der Waals surface area contributed by atoms with Crippen molar-refractivity contribution in [3.05, 3.63) is 28.3 Å². The van der Waals surface area contributed by atoms with E-state index in [9.17, 15) is 4.79 Å². The smallest absolute Gasteiger partial charge is 0.228 e. The molecule has 140 valence electrons. The molecule has 2 N–H and O–H groups in total. The van der Waals surface area contributed by atoms with Crippen LogP contribution in [0.15, 0.2) is 21.2 Å². The number of piperidine rings is 1. The van der Waals surface area contributed by atoms with E-state index in [0.29, 0.717) is 18.2 Å². The largest absolute Gasteiger partial charge is 0.441 e. The molecule has 25 heavy (non-hydrogen) atoms. The number of nitrogens with two attached hydrogens (primary N) is 1. The van der Waals surface area contributed by atoms with Gasteiger partial charge >= 0.3 is 0 Å².